The Labute approximate surface area is 184 Å². The van der Waals surface area contributed by atoms with Crippen LogP contribution in [0.15, 0.2) is 41.6 Å². The van der Waals surface area contributed by atoms with E-state index in [0.717, 1.165) is 4.57 Å². The van der Waals surface area contributed by atoms with E-state index >= 15 is 0 Å². The summed E-state index contributed by atoms with van der Waals surface area (Å²) in [5, 5.41) is 0. The first-order valence-electron chi connectivity index (χ1n) is 9.94. The summed E-state index contributed by atoms with van der Waals surface area (Å²) >= 11 is 0. The summed E-state index contributed by atoms with van der Waals surface area (Å²) in [5.41, 5.74) is 0.212. The number of aromatic nitrogens is 2. The Morgan fingerprint density at radius 3 is 2.34 bits per heavy atom. The van der Waals surface area contributed by atoms with Crippen LogP contribution in [0.1, 0.15) is 30.0 Å². The van der Waals surface area contributed by atoms with E-state index in [0.29, 0.717) is 0 Å². The molecule has 2 unspecified atom stereocenters. The van der Waals surface area contributed by atoms with Gasteiger partial charge in [-0.05, 0) is 38.1 Å². The quantitative estimate of drug-likeness (QED) is 0.643. The number of carbonyl (C=O) groups is 1. The Hall–Kier alpha value is -2.44. The van der Waals surface area contributed by atoms with Gasteiger partial charge in [0.2, 0.25) is 10.0 Å². The van der Waals surface area contributed by atoms with Crippen LogP contribution in [0, 0.1) is 0 Å². The molecule has 1 aliphatic heterocycles. The molecule has 0 aliphatic carbocycles. The number of ether oxygens (including phenoxy) is 1. The molecule has 2 aromatic rings. The summed E-state index contributed by atoms with van der Waals surface area (Å²) in [4.78, 5) is 17.9. The fraction of sp³-hybridized carbons (Fsp3) is 0.500. The molecule has 0 radical (unpaired) electrons. The summed E-state index contributed by atoms with van der Waals surface area (Å²) in [5.74, 6) is -0.378. The smallest absolute Gasteiger partial charge is 0.373 e. The van der Waals surface area contributed by atoms with Gasteiger partial charge in [-0.1, -0.05) is 0 Å². The van der Waals surface area contributed by atoms with Gasteiger partial charge in [-0.3, -0.25) is 4.79 Å². The molecule has 1 amide bonds. The van der Waals surface area contributed by atoms with Crippen LogP contribution in [-0.2, 0) is 27.8 Å². The predicted octanol–water partition coefficient (Wildman–Crippen LogP) is 2.52. The number of hydrogen-bond acceptors (Lipinski definition) is 5. The molecule has 1 aromatic heterocycles. The SMILES string of the molecule is CC1CN(S(=O)(=O)c2ccc(C(=O)N(C)Cc3nccn3CC(F)(F)F)cc2)CC(C)O1. The number of imidazole rings is 1. The van der Waals surface area contributed by atoms with E-state index in [1.54, 1.807) is 13.8 Å². The molecule has 32 heavy (non-hydrogen) atoms. The summed E-state index contributed by atoms with van der Waals surface area (Å²) in [6.07, 6.45) is -2.42. The van der Waals surface area contributed by atoms with Crippen molar-refractivity contribution in [1.29, 1.82) is 0 Å². The van der Waals surface area contributed by atoms with Gasteiger partial charge in [0.25, 0.3) is 5.91 Å². The second-order valence-corrected chi connectivity index (χ2v) is 9.79. The lowest BCUT2D eigenvalue weighted by atomic mass is 10.2. The third kappa shape index (κ3) is 5.67. The van der Waals surface area contributed by atoms with Crippen LogP contribution < -0.4 is 0 Å². The highest BCUT2D eigenvalue weighted by molar-refractivity contribution is 7.89. The summed E-state index contributed by atoms with van der Waals surface area (Å²) < 4.78 is 71.8. The highest BCUT2D eigenvalue weighted by Crippen LogP contribution is 2.22. The molecule has 0 spiro atoms. The molecule has 1 aliphatic rings. The van der Waals surface area contributed by atoms with Crippen LogP contribution in [0.4, 0.5) is 13.2 Å². The molecule has 0 saturated carbocycles. The van der Waals surface area contributed by atoms with E-state index in [-0.39, 0.29) is 48.1 Å². The Morgan fingerprint density at radius 2 is 1.78 bits per heavy atom. The van der Waals surface area contributed by atoms with Gasteiger partial charge in [0.05, 0.1) is 23.6 Å². The largest absolute Gasteiger partial charge is 0.406 e. The average Bonchev–Trinajstić information content (AvgIpc) is 3.11. The Kier molecular flexibility index (Phi) is 6.96. The predicted molar refractivity (Wildman–Crippen MR) is 109 cm³/mol. The normalized spacial score (nSPS) is 20.3. The number of amides is 1. The first-order valence-corrected chi connectivity index (χ1v) is 11.4. The topological polar surface area (TPSA) is 84.7 Å². The maximum atomic E-state index is 12.9. The van der Waals surface area contributed by atoms with Crippen LogP contribution >= 0.6 is 0 Å². The van der Waals surface area contributed by atoms with Crippen molar-refractivity contribution in [2.75, 3.05) is 20.1 Å². The first kappa shape index (κ1) is 24.2. The summed E-state index contributed by atoms with van der Waals surface area (Å²) in [7, 11) is -2.31. The minimum Gasteiger partial charge on any atom is -0.373 e. The van der Waals surface area contributed by atoms with Gasteiger partial charge in [0.15, 0.2) is 0 Å². The Balaban J connectivity index is 1.71. The molecule has 176 valence electrons. The first-order chi connectivity index (χ1) is 14.9. The number of hydrogen-bond donors (Lipinski definition) is 0. The second kappa shape index (κ2) is 9.20. The lowest BCUT2D eigenvalue weighted by molar-refractivity contribution is -0.141. The molecular formula is C20H25F3N4O4S. The van der Waals surface area contributed by atoms with Gasteiger partial charge in [-0.2, -0.15) is 17.5 Å². The van der Waals surface area contributed by atoms with Crippen molar-refractivity contribution in [2.45, 2.75) is 50.2 Å². The number of alkyl halides is 3. The molecule has 2 atom stereocenters. The zero-order valence-electron chi connectivity index (χ0n) is 17.9. The fourth-order valence-corrected chi connectivity index (χ4v) is 5.17. The van der Waals surface area contributed by atoms with Crippen molar-refractivity contribution in [3.8, 4) is 0 Å². The van der Waals surface area contributed by atoms with E-state index in [1.807, 2.05) is 0 Å². The van der Waals surface area contributed by atoms with Gasteiger partial charge >= 0.3 is 6.18 Å². The maximum Gasteiger partial charge on any atom is 0.406 e. The number of benzene rings is 1. The third-order valence-corrected chi connectivity index (χ3v) is 6.85. The summed E-state index contributed by atoms with van der Waals surface area (Å²) in [6.45, 7) is 2.74. The third-order valence-electron chi connectivity index (χ3n) is 5.00. The van der Waals surface area contributed by atoms with E-state index < -0.39 is 28.7 Å². The second-order valence-electron chi connectivity index (χ2n) is 7.85. The van der Waals surface area contributed by atoms with E-state index in [1.165, 1.54) is 52.9 Å². The number of sulfonamides is 1. The maximum absolute atomic E-state index is 12.9. The molecule has 8 nitrogen and oxygen atoms in total. The van der Waals surface area contributed by atoms with Crippen molar-refractivity contribution >= 4 is 15.9 Å². The molecule has 1 saturated heterocycles. The molecular weight excluding hydrogens is 449 g/mol. The molecule has 1 aromatic carbocycles. The number of morpholine rings is 1. The van der Waals surface area contributed by atoms with Crippen LogP contribution in [0.3, 0.4) is 0 Å². The van der Waals surface area contributed by atoms with E-state index in [2.05, 4.69) is 4.98 Å². The highest BCUT2D eigenvalue weighted by Gasteiger charge is 2.32. The number of nitrogens with zero attached hydrogens (tertiary/aromatic N) is 4. The van der Waals surface area contributed by atoms with Crippen molar-refractivity contribution in [3.05, 3.63) is 48.0 Å². The van der Waals surface area contributed by atoms with Crippen molar-refractivity contribution in [1.82, 2.24) is 18.8 Å². The Bertz CT molecular complexity index is 1040. The molecule has 1 fully saturated rings. The summed E-state index contributed by atoms with van der Waals surface area (Å²) in [6, 6.07) is 5.49. The van der Waals surface area contributed by atoms with Gasteiger partial charge in [-0.25, -0.2) is 13.4 Å². The molecule has 0 bridgehead atoms. The Morgan fingerprint density at radius 1 is 1.19 bits per heavy atom. The van der Waals surface area contributed by atoms with Gasteiger partial charge < -0.3 is 14.2 Å². The minimum absolute atomic E-state index is 0.0544. The van der Waals surface area contributed by atoms with Crippen molar-refractivity contribution in [2.24, 2.45) is 0 Å². The van der Waals surface area contributed by atoms with E-state index in [4.69, 9.17) is 4.74 Å². The van der Waals surface area contributed by atoms with Gasteiger partial charge in [0, 0.05) is 38.1 Å². The standard InChI is InChI=1S/C20H25F3N4O4S/c1-14-10-27(11-15(2)31-14)32(29,30)17-6-4-16(5-7-17)19(28)25(3)12-18-24-8-9-26(18)13-20(21,22)23/h4-9,14-15H,10-13H2,1-3H3. The number of halogens is 3. The zero-order chi connectivity index (χ0) is 23.7. The highest BCUT2D eigenvalue weighted by atomic mass is 32.2. The fourth-order valence-electron chi connectivity index (χ4n) is 3.58. The lowest BCUT2D eigenvalue weighted by Gasteiger charge is -2.34. The molecule has 0 N–H and O–H groups in total. The molecule has 2 heterocycles. The molecule has 3 rings (SSSR count). The monoisotopic (exact) mass is 474 g/mol. The lowest BCUT2D eigenvalue weighted by Crippen LogP contribution is -2.48. The zero-order valence-corrected chi connectivity index (χ0v) is 18.7. The number of carbonyl (C=O) groups excluding carboxylic acids is 1. The van der Waals surface area contributed by atoms with Crippen LogP contribution in [0.25, 0.3) is 0 Å². The van der Waals surface area contributed by atoms with E-state index in [9.17, 15) is 26.4 Å². The van der Waals surface area contributed by atoms with Crippen LogP contribution in [0.2, 0.25) is 0 Å². The minimum atomic E-state index is -4.41. The van der Waals surface area contributed by atoms with Crippen LogP contribution in [0.5, 0.6) is 0 Å². The van der Waals surface area contributed by atoms with Gasteiger partial charge in [0.1, 0.15) is 12.4 Å². The average molecular weight is 475 g/mol. The molecule has 12 heteroatoms. The van der Waals surface area contributed by atoms with Crippen LogP contribution in [-0.4, -0.2) is 71.6 Å². The van der Waals surface area contributed by atoms with Gasteiger partial charge in [-0.15, -0.1) is 0 Å². The van der Waals surface area contributed by atoms with Crippen molar-refractivity contribution in [3.63, 3.8) is 0 Å². The number of rotatable bonds is 6. The van der Waals surface area contributed by atoms with Crippen molar-refractivity contribution < 1.29 is 31.1 Å².